The predicted molar refractivity (Wildman–Crippen MR) is 107 cm³/mol. The van der Waals surface area contributed by atoms with Gasteiger partial charge < -0.3 is 5.73 Å². The number of benzene rings is 1. The SMILES string of the molecule is [B]c1cc([B])c2nc(C)n(C3([B])C(=O)NC(=O)C([B])([B])C3[B])c(=O)c2c1N. The molecule has 1 aromatic heterocycles. The Hall–Kier alpha value is -2.31. The smallest absolute Gasteiger partial charge is 0.263 e. The summed E-state index contributed by atoms with van der Waals surface area (Å²) in [4.78, 5) is 41.9. The van der Waals surface area contributed by atoms with Crippen LogP contribution in [0, 0.1) is 6.92 Å². The number of amides is 2. The summed E-state index contributed by atoms with van der Waals surface area (Å²) in [5.41, 5.74) is 2.88. The number of imide groups is 1. The Balaban J connectivity index is 2.44. The van der Waals surface area contributed by atoms with E-state index in [9.17, 15) is 14.4 Å². The lowest BCUT2D eigenvalue weighted by molar-refractivity contribution is -0.138. The predicted octanol–water partition coefficient (Wildman–Crippen LogP) is -4.24. The number of aromatic nitrogens is 2. The molecule has 13 heteroatoms. The van der Waals surface area contributed by atoms with E-state index in [0.29, 0.717) is 0 Å². The normalized spacial score (nSPS) is 24.7. The lowest BCUT2D eigenvalue weighted by Gasteiger charge is -2.49. The molecular formula is C14H8B6N4O3. The zero-order valence-corrected chi connectivity index (χ0v) is 14.3. The molecule has 0 saturated carbocycles. The lowest BCUT2D eigenvalue weighted by atomic mass is 9.35. The number of hydrogen-bond donors (Lipinski definition) is 2. The summed E-state index contributed by atoms with van der Waals surface area (Å²) in [6, 6.07) is 1.36. The van der Waals surface area contributed by atoms with Crippen molar-refractivity contribution in [3.63, 3.8) is 0 Å². The summed E-state index contributed by atoms with van der Waals surface area (Å²) in [5.74, 6) is -3.80. The van der Waals surface area contributed by atoms with Gasteiger partial charge in [0.05, 0.1) is 39.9 Å². The van der Waals surface area contributed by atoms with Gasteiger partial charge in [0.2, 0.25) is 11.8 Å². The number of nitrogens with two attached hydrogens (primary N) is 1. The fourth-order valence-electron chi connectivity index (χ4n) is 3.17. The zero-order chi connectivity index (χ0) is 20.5. The molecular weight excluding hydrogens is 337 g/mol. The molecule has 2 heterocycles. The third kappa shape index (κ3) is 2.43. The number of carbonyl (C=O) groups excluding carboxylic acids is 2. The molecule has 2 atom stereocenters. The monoisotopic (exact) mass is 346 g/mol. The number of piperidine rings is 1. The second-order valence-electron chi connectivity index (χ2n) is 6.51. The van der Waals surface area contributed by atoms with Gasteiger partial charge in [-0.1, -0.05) is 22.8 Å². The van der Waals surface area contributed by atoms with E-state index < -0.39 is 33.8 Å². The van der Waals surface area contributed by atoms with Gasteiger partial charge in [0.25, 0.3) is 5.56 Å². The Morgan fingerprint density at radius 2 is 1.74 bits per heavy atom. The first kappa shape index (κ1) is 19.5. The molecule has 1 aliphatic rings. The molecule has 2 aromatic rings. The van der Waals surface area contributed by atoms with E-state index in [2.05, 4.69) is 4.98 Å². The van der Waals surface area contributed by atoms with Crippen LogP contribution in [0.15, 0.2) is 10.9 Å². The minimum Gasteiger partial charge on any atom is -0.398 e. The molecule has 1 fully saturated rings. The third-order valence-electron chi connectivity index (χ3n) is 4.76. The van der Waals surface area contributed by atoms with E-state index in [1.54, 1.807) is 0 Å². The third-order valence-corrected chi connectivity index (χ3v) is 4.76. The number of nitrogens with zero attached hydrogens (tertiary/aromatic N) is 2. The number of nitrogen functional groups attached to an aromatic ring is 1. The van der Waals surface area contributed by atoms with Gasteiger partial charge in [-0.2, -0.15) is 0 Å². The molecule has 120 valence electrons. The molecule has 2 amide bonds. The molecule has 0 bridgehead atoms. The highest BCUT2D eigenvalue weighted by molar-refractivity contribution is 6.57. The first-order valence-corrected chi connectivity index (χ1v) is 7.70. The summed E-state index contributed by atoms with van der Waals surface area (Å²) < 4.78 is 0.783. The average Bonchev–Trinajstić information content (AvgIpc) is 2.57. The van der Waals surface area contributed by atoms with Crippen LogP contribution in [0.3, 0.4) is 0 Å². The highest BCUT2D eigenvalue weighted by Gasteiger charge is 2.54. The van der Waals surface area contributed by atoms with Crippen LogP contribution in [0.5, 0.6) is 0 Å². The van der Waals surface area contributed by atoms with Gasteiger partial charge in [0, 0.05) is 5.69 Å². The molecule has 7 nitrogen and oxygen atoms in total. The van der Waals surface area contributed by atoms with Crippen molar-refractivity contribution in [2.75, 3.05) is 5.73 Å². The Morgan fingerprint density at radius 3 is 2.33 bits per heavy atom. The molecule has 0 spiro atoms. The molecule has 1 saturated heterocycles. The average molecular weight is 345 g/mol. The molecule has 12 radical (unpaired) electrons. The summed E-state index contributed by atoms with van der Waals surface area (Å²) >= 11 is 0. The Kier molecular flexibility index (Phi) is 4.21. The zero-order valence-electron chi connectivity index (χ0n) is 14.3. The molecule has 2 unspecified atom stereocenters. The van der Waals surface area contributed by atoms with Crippen LogP contribution in [0.2, 0.25) is 11.0 Å². The maximum absolute atomic E-state index is 13.2. The second kappa shape index (κ2) is 5.84. The minimum absolute atomic E-state index is 0.0263. The number of hydrogen-bond acceptors (Lipinski definition) is 5. The summed E-state index contributed by atoms with van der Waals surface area (Å²) in [6.45, 7) is 1.40. The number of aryl methyl sites for hydroxylation is 1. The largest absolute Gasteiger partial charge is 0.398 e. The molecule has 3 N–H and O–H groups in total. The van der Waals surface area contributed by atoms with Crippen molar-refractivity contribution in [1.29, 1.82) is 0 Å². The van der Waals surface area contributed by atoms with E-state index in [1.807, 2.05) is 5.32 Å². The second-order valence-corrected chi connectivity index (χ2v) is 6.51. The van der Waals surface area contributed by atoms with Gasteiger partial charge in [0.15, 0.2) is 0 Å². The van der Waals surface area contributed by atoms with Crippen LogP contribution >= 0.6 is 0 Å². The van der Waals surface area contributed by atoms with Gasteiger partial charge in [-0.25, -0.2) is 4.98 Å². The highest BCUT2D eigenvalue weighted by atomic mass is 16.2. The standard InChI is InChI=1S/C14H8B6N4O3/c1-3-22-8-5(16)2-4(15)7(21)6(8)9(25)24(3)14(20)10(17)13(18,19)11(26)23-12(14)27/h2,10H,21H2,1H3,(H,23,26,27). The van der Waals surface area contributed by atoms with Gasteiger partial charge in [-0.3, -0.25) is 24.3 Å². The van der Waals surface area contributed by atoms with Crippen molar-refractivity contribution in [3.05, 3.63) is 22.2 Å². The molecule has 27 heavy (non-hydrogen) atoms. The number of nitrogens with one attached hydrogen (secondary N) is 1. The quantitative estimate of drug-likeness (QED) is 0.309. The van der Waals surface area contributed by atoms with Gasteiger partial charge in [0.1, 0.15) is 29.4 Å². The van der Waals surface area contributed by atoms with Gasteiger partial charge in [-0.15, -0.1) is 0 Å². The molecule has 1 aromatic carbocycles. The van der Waals surface area contributed by atoms with Gasteiger partial charge >= 0.3 is 0 Å². The van der Waals surface area contributed by atoms with Crippen LogP contribution in [0.25, 0.3) is 10.9 Å². The molecule has 0 aliphatic carbocycles. The van der Waals surface area contributed by atoms with Crippen molar-refractivity contribution in [3.8, 4) is 0 Å². The highest BCUT2D eigenvalue weighted by Crippen LogP contribution is 2.45. The van der Waals surface area contributed by atoms with Crippen LogP contribution in [0.4, 0.5) is 5.69 Å². The number of fused-ring (bicyclic) bond motifs is 1. The minimum atomic E-state index is -2.33. The summed E-state index contributed by atoms with van der Waals surface area (Å²) in [5, 5.41) is -0.458. The summed E-state index contributed by atoms with van der Waals surface area (Å²) in [6.07, 6.45) is 0. The summed E-state index contributed by atoms with van der Waals surface area (Å²) in [7, 11) is 35.3. The molecule has 3 rings (SSSR count). The maximum Gasteiger partial charge on any atom is 0.263 e. The maximum atomic E-state index is 13.2. The first-order chi connectivity index (χ1) is 12.3. The van der Waals surface area contributed by atoms with E-state index in [-0.39, 0.29) is 33.3 Å². The van der Waals surface area contributed by atoms with Crippen molar-refractivity contribution < 1.29 is 9.59 Å². The lowest BCUT2D eigenvalue weighted by Crippen LogP contribution is -2.66. The van der Waals surface area contributed by atoms with Crippen LogP contribution < -0.4 is 27.5 Å². The van der Waals surface area contributed by atoms with E-state index in [0.717, 1.165) is 4.57 Å². The van der Waals surface area contributed by atoms with Crippen LogP contribution in [-0.4, -0.2) is 68.4 Å². The number of carbonyl (C=O) groups is 2. The van der Waals surface area contributed by atoms with Crippen molar-refractivity contribution >= 4 is 86.4 Å². The van der Waals surface area contributed by atoms with Crippen LogP contribution in [0.1, 0.15) is 5.82 Å². The number of anilines is 1. The van der Waals surface area contributed by atoms with E-state index >= 15 is 0 Å². The Labute approximate surface area is 162 Å². The van der Waals surface area contributed by atoms with E-state index in [4.69, 9.17) is 52.8 Å². The van der Waals surface area contributed by atoms with Crippen LogP contribution in [-0.2, 0) is 15.0 Å². The van der Waals surface area contributed by atoms with Crippen molar-refractivity contribution in [2.24, 2.45) is 0 Å². The Morgan fingerprint density at radius 1 is 1.15 bits per heavy atom. The fraction of sp³-hybridized carbons (Fsp3) is 0.286. The molecule has 1 aliphatic heterocycles. The number of rotatable bonds is 1. The Bertz CT molecular complexity index is 1080. The topological polar surface area (TPSA) is 107 Å². The van der Waals surface area contributed by atoms with E-state index in [1.165, 1.54) is 13.0 Å². The fourth-order valence-corrected chi connectivity index (χ4v) is 3.17. The van der Waals surface area contributed by atoms with Gasteiger partial charge in [-0.05, 0) is 12.1 Å². The van der Waals surface area contributed by atoms with Crippen molar-refractivity contribution in [2.45, 2.75) is 23.4 Å². The first-order valence-electron chi connectivity index (χ1n) is 7.70. The van der Waals surface area contributed by atoms with Crippen molar-refractivity contribution in [1.82, 2.24) is 14.9 Å².